The Labute approximate surface area is 59.7 Å². The SMILES string of the molecule is CC(CC(=O)O)C(N)CO. The van der Waals surface area contributed by atoms with E-state index in [-0.39, 0.29) is 18.9 Å². The van der Waals surface area contributed by atoms with Gasteiger partial charge in [0.05, 0.1) is 6.61 Å². The van der Waals surface area contributed by atoms with Crippen LogP contribution in [0.15, 0.2) is 0 Å². The Balaban J connectivity index is 3.61. The molecule has 0 amide bonds. The molecule has 60 valence electrons. The smallest absolute Gasteiger partial charge is 0.303 e. The summed E-state index contributed by atoms with van der Waals surface area (Å²) in [5.41, 5.74) is 5.35. The third-order valence-corrected chi connectivity index (χ3v) is 1.44. The maximum atomic E-state index is 10.1. The molecule has 0 aromatic carbocycles. The summed E-state index contributed by atoms with van der Waals surface area (Å²) >= 11 is 0. The fraction of sp³-hybridized carbons (Fsp3) is 0.833. The summed E-state index contributed by atoms with van der Waals surface area (Å²) in [7, 11) is 0. The molecule has 0 fully saturated rings. The summed E-state index contributed by atoms with van der Waals surface area (Å²) in [4.78, 5) is 10.1. The molecule has 0 aromatic heterocycles. The topological polar surface area (TPSA) is 83.5 Å². The molecule has 0 radical (unpaired) electrons. The third-order valence-electron chi connectivity index (χ3n) is 1.44. The molecule has 0 aliphatic carbocycles. The van der Waals surface area contributed by atoms with E-state index in [1.807, 2.05) is 0 Å². The molecule has 4 nitrogen and oxygen atoms in total. The minimum absolute atomic E-state index is 0.0156. The second-order valence-electron chi connectivity index (χ2n) is 2.42. The molecular formula is C6H13NO3. The normalized spacial score (nSPS) is 16.3. The lowest BCUT2D eigenvalue weighted by Gasteiger charge is -2.14. The number of aliphatic hydroxyl groups excluding tert-OH is 1. The van der Waals surface area contributed by atoms with Gasteiger partial charge in [-0.15, -0.1) is 0 Å². The highest BCUT2D eigenvalue weighted by atomic mass is 16.4. The highest BCUT2D eigenvalue weighted by Crippen LogP contribution is 2.04. The molecule has 0 rings (SSSR count). The van der Waals surface area contributed by atoms with Crippen molar-refractivity contribution in [2.75, 3.05) is 6.61 Å². The Bertz CT molecular complexity index is 116. The van der Waals surface area contributed by atoms with Crippen molar-refractivity contribution in [3.8, 4) is 0 Å². The van der Waals surface area contributed by atoms with E-state index in [1.54, 1.807) is 6.92 Å². The summed E-state index contributed by atoms with van der Waals surface area (Å²) < 4.78 is 0. The number of nitrogens with two attached hydrogens (primary N) is 1. The van der Waals surface area contributed by atoms with Gasteiger partial charge in [-0.3, -0.25) is 4.79 Å². The summed E-state index contributed by atoms with van der Waals surface area (Å²) in [6.07, 6.45) is 0.0156. The molecule has 0 bridgehead atoms. The molecule has 0 spiro atoms. The van der Waals surface area contributed by atoms with Gasteiger partial charge in [0.25, 0.3) is 0 Å². The average Bonchev–Trinajstić information content (AvgIpc) is 1.85. The molecule has 2 atom stereocenters. The van der Waals surface area contributed by atoms with Crippen molar-refractivity contribution >= 4 is 5.97 Å². The van der Waals surface area contributed by atoms with E-state index in [0.717, 1.165) is 0 Å². The lowest BCUT2D eigenvalue weighted by Crippen LogP contribution is -2.33. The number of rotatable bonds is 4. The first-order valence-electron chi connectivity index (χ1n) is 3.16. The predicted molar refractivity (Wildman–Crippen MR) is 36.5 cm³/mol. The third kappa shape index (κ3) is 3.42. The molecule has 2 unspecified atom stereocenters. The Morgan fingerprint density at radius 2 is 2.20 bits per heavy atom. The zero-order valence-electron chi connectivity index (χ0n) is 5.95. The van der Waals surface area contributed by atoms with Gasteiger partial charge in [-0.25, -0.2) is 0 Å². The van der Waals surface area contributed by atoms with E-state index in [0.29, 0.717) is 0 Å². The van der Waals surface area contributed by atoms with Gasteiger partial charge in [-0.1, -0.05) is 6.92 Å². The average molecular weight is 147 g/mol. The second kappa shape index (κ2) is 4.24. The molecule has 4 N–H and O–H groups in total. The number of aliphatic carboxylic acids is 1. The standard InChI is InChI=1S/C6H13NO3/c1-4(2-6(9)10)5(7)3-8/h4-5,8H,2-3,7H2,1H3,(H,9,10). The van der Waals surface area contributed by atoms with Crippen LogP contribution >= 0.6 is 0 Å². The highest BCUT2D eigenvalue weighted by molar-refractivity contribution is 5.67. The largest absolute Gasteiger partial charge is 0.481 e. The summed E-state index contributed by atoms with van der Waals surface area (Å²) in [5.74, 6) is -1.04. The molecule has 10 heavy (non-hydrogen) atoms. The quantitative estimate of drug-likeness (QED) is 0.496. The first kappa shape index (κ1) is 9.39. The fourth-order valence-corrected chi connectivity index (χ4v) is 0.607. The lowest BCUT2D eigenvalue weighted by molar-refractivity contribution is -0.138. The molecule has 0 saturated heterocycles. The van der Waals surface area contributed by atoms with Crippen molar-refractivity contribution < 1.29 is 15.0 Å². The lowest BCUT2D eigenvalue weighted by atomic mass is 10.0. The molecule has 0 saturated carbocycles. The van der Waals surface area contributed by atoms with Crippen molar-refractivity contribution in [1.29, 1.82) is 0 Å². The van der Waals surface area contributed by atoms with Crippen LogP contribution in [0.4, 0.5) is 0 Å². The van der Waals surface area contributed by atoms with Crippen LogP contribution in [0.3, 0.4) is 0 Å². The van der Waals surface area contributed by atoms with Gasteiger partial charge < -0.3 is 15.9 Å². The van der Waals surface area contributed by atoms with Gasteiger partial charge in [0.2, 0.25) is 0 Å². The van der Waals surface area contributed by atoms with Crippen LogP contribution in [0.1, 0.15) is 13.3 Å². The molecular weight excluding hydrogens is 134 g/mol. The number of carboxylic acid groups (broad SMARTS) is 1. The van der Waals surface area contributed by atoms with E-state index in [1.165, 1.54) is 0 Å². The van der Waals surface area contributed by atoms with Crippen molar-refractivity contribution in [2.24, 2.45) is 11.7 Å². The van der Waals surface area contributed by atoms with Gasteiger partial charge in [0, 0.05) is 12.5 Å². The van der Waals surface area contributed by atoms with E-state index < -0.39 is 12.0 Å². The number of aliphatic hydroxyl groups is 1. The highest BCUT2D eigenvalue weighted by Gasteiger charge is 2.14. The van der Waals surface area contributed by atoms with Crippen LogP contribution in [0.25, 0.3) is 0 Å². The van der Waals surface area contributed by atoms with Crippen LogP contribution in [-0.4, -0.2) is 28.8 Å². The zero-order valence-corrected chi connectivity index (χ0v) is 5.95. The van der Waals surface area contributed by atoms with E-state index in [4.69, 9.17) is 15.9 Å². The van der Waals surface area contributed by atoms with Crippen molar-refractivity contribution in [1.82, 2.24) is 0 Å². The zero-order chi connectivity index (χ0) is 8.15. The molecule has 0 heterocycles. The first-order chi connectivity index (χ1) is 4.57. The summed E-state index contributed by atoms with van der Waals surface area (Å²) in [6, 6.07) is -0.420. The molecule has 0 aliphatic rings. The van der Waals surface area contributed by atoms with Gasteiger partial charge in [-0.05, 0) is 5.92 Å². The van der Waals surface area contributed by atoms with E-state index >= 15 is 0 Å². The monoisotopic (exact) mass is 147 g/mol. The van der Waals surface area contributed by atoms with Crippen LogP contribution in [0.5, 0.6) is 0 Å². The Hall–Kier alpha value is -0.610. The van der Waals surface area contributed by atoms with Crippen molar-refractivity contribution in [3.63, 3.8) is 0 Å². The summed E-state index contributed by atoms with van der Waals surface area (Å²) in [6.45, 7) is 1.55. The predicted octanol–water partition coefficient (Wildman–Crippen LogP) is -0.583. The number of carbonyl (C=O) groups is 1. The Morgan fingerprint density at radius 3 is 2.50 bits per heavy atom. The van der Waals surface area contributed by atoms with Crippen molar-refractivity contribution in [3.05, 3.63) is 0 Å². The second-order valence-corrected chi connectivity index (χ2v) is 2.42. The van der Waals surface area contributed by atoms with Crippen LogP contribution in [-0.2, 0) is 4.79 Å². The van der Waals surface area contributed by atoms with Crippen LogP contribution in [0, 0.1) is 5.92 Å². The fourth-order valence-electron chi connectivity index (χ4n) is 0.607. The maximum Gasteiger partial charge on any atom is 0.303 e. The van der Waals surface area contributed by atoms with Crippen LogP contribution < -0.4 is 5.73 Å². The first-order valence-corrected chi connectivity index (χ1v) is 3.16. The molecule has 0 aliphatic heterocycles. The van der Waals surface area contributed by atoms with Crippen molar-refractivity contribution in [2.45, 2.75) is 19.4 Å². The van der Waals surface area contributed by atoms with Gasteiger partial charge in [0.15, 0.2) is 0 Å². The molecule has 0 aromatic rings. The van der Waals surface area contributed by atoms with Gasteiger partial charge in [0.1, 0.15) is 0 Å². The Morgan fingerprint density at radius 1 is 1.70 bits per heavy atom. The number of hydrogen-bond acceptors (Lipinski definition) is 3. The van der Waals surface area contributed by atoms with E-state index in [9.17, 15) is 4.79 Å². The van der Waals surface area contributed by atoms with Gasteiger partial charge >= 0.3 is 5.97 Å². The Kier molecular flexibility index (Phi) is 3.99. The number of hydrogen-bond donors (Lipinski definition) is 3. The van der Waals surface area contributed by atoms with E-state index in [2.05, 4.69) is 0 Å². The minimum atomic E-state index is -0.878. The minimum Gasteiger partial charge on any atom is -0.481 e. The number of carboxylic acids is 1. The maximum absolute atomic E-state index is 10.1. The summed E-state index contributed by atoms with van der Waals surface area (Å²) in [5, 5.41) is 16.8. The van der Waals surface area contributed by atoms with Crippen LogP contribution in [0.2, 0.25) is 0 Å². The molecule has 4 heteroatoms. The van der Waals surface area contributed by atoms with Gasteiger partial charge in [-0.2, -0.15) is 0 Å².